The monoisotopic (exact) mass is 850 g/mol. The molecule has 0 aliphatic carbocycles. The molecule has 316 valence electrons. The van der Waals surface area contributed by atoms with Crippen molar-refractivity contribution >= 4 is 56.8 Å². The fourth-order valence-corrected chi connectivity index (χ4v) is 7.79. The summed E-state index contributed by atoms with van der Waals surface area (Å²) in [6.45, 7) is 6.31. The maximum Gasteiger partial charge on any atom is 0.313 e. The van der Waals surface area contributed by atoms with Gasteiger partial charge in [0, 0.05) is 36.5 Å². The lowest BCUT2D eigenvalue weighted by Crippen LogP contribution is -2.39. The van der Waals surface area contributed by atoms with Crippen LogP contribution in [-0.4, -0.2) is 112 Å². The molecule has 0 spiro atoms. The van der Waals surface area contributed by atoms with E-state index >= 15 is 0 Å². The van der Waals surface area contributed by atoms with Crippen LogP contribution < -0.4 is 10.5 Å². The number of piperidine rings is 1. The summed E-state index contributed by atoms with van der Waals surface area (Å²) in [6.07, 6.45) is 5.03. The van der Waals surface area contributed by atoms with Gasteiger partial charge in [0.25, 0.3) is 5.91 Å². The van der Waals surface area contributed by atoms with Gasteiger partial charge in [-0.05, 0) is 50.7 Å². The van der Waals surface area contributed by atoms with Gasteiger partial charge >= 0.3 is 16.1 Å². The van der Waals surface area contributed by atoms with E-state index in [9.17, 15) is 40.4 Å². The van der Waals surface area contributed by atoms with Crippen LogP contribution in [0.2, 0.25) is 0 Å². The Kier molecular flexibility index (Phi) is 17.4. The van der Waals surface area contributed by atoms with Crippen LogP contribution in [-0.2, 0) is 50.0 Å². The number of ether oxygens (including phenoxy) is 4. The predicted molar refractivity (Wildman–Crippen MR) is 198 cm³/mol. The first-order valence-corrected chi connectivity index (χ1v) is 20.6. The van der Waals surface area contributed by atoms with Crippen LogP contribution >= 0.6 is 11.3 Å². The highest BCUT2D eigenvalue weighted by Gasteiger charge is 2.34. The fraction of sp³-hybridized carbons (Fsp3) is 0.556. The number of amidine groups is 1. The van der Waals surface area contributed by atoms with Crippen molar-refractivity contribution in [2.24, 2.45) is 16.6 Å². The molecule has 0 saturated carbocycles. The third-order valence-corrected chi connectivity index (χ3v) is 10.7. The highest BCUT2D eigenvalue weighted by atomic mass is 32.2. The lowest BCUT2D eigenvalue weighted by atomic mass is 9.92. The number of esters is 1. The number of likely N-dealkylation sites (tertiary alicyclic amines) is 1. The van der Waals surface area contributed by atoms with Crippen LogP contribution in [0.3, 0.4) is 0 Å². The Morgan fingerprint density at radius 2 is 1.54 bits per heavy atom. The van der Waals surface area contributed by atoms with Crippen molar-refractivity contribution in [1.82, 2.24) is 9.96 Å². The van der Waals surface area contributed by atoms with Crippen LogP contribution in [0, 0.1) is 29.2 Å². The number of fused-ring (bicyclic) bond motifs is 1. The zero-order valence-corrected chi connectivity index (χ0v) is 33.2. The van der Waals surface area contributed by atoms with Crippen molar-refractivity contribution in [2.45, 2.75) is 63.7 Å². The molecule has 21 heteroatoms. The Hall–Kier alpha value is -3.99. The van der Waals surface area contributed by atoms with Crippen molar-refractivity contribution in [3.8, 4) is 5.75 Å². The van der Waals surface area contributed by atoms with E-state index in [4.69, 9.17) is 29.3 Å². The number of hydrogen-bond donors (Lipinski definition) is 2. The maximum absolute atomic E-state index is 14.0. The summed E-state index contributed by atoms with van der Waals surface area (Å²) in [5.74, 6) is -12.1. The molecule has 0 unspecified atom stereocenters. The second-order valence-corrected chi connectivity index (χ2v) is 15.5. The minimum absolute atomic E-state index is 0.0000614. The summed E-state index contributed by atoms with van der Waals surface area (Å²) in [7, 11) is -5.65. The molecule has 1 fully saturated rings. The van der Waals surface area contributed by atoms with E-state index in [2.05, 4.69) is 9.73 Å². The van der Waals surface area contributed by atoms with Crippen LogP contribution in [0.25, 0.3) is 6.08 Å². The minimum Gasteiger partial charge on any atom is -0.420 e. The van der Waals surface area contributed by atoms with E-state index in [-0.39, 0.29) is 64.3 Å². The number of benzene rings is 1. The lowest BCUT2D eigenvalue weighted by Gasteiger charge is -2.32. The van der Waals surface area contributed by atoms with E-state index in [1.54, 1.807) is 11.3 Å². The fourth-order valence-electron chi connectivity index (χ4n) is 5.98. The zero-order valence-electron chi connectivity index (χ0n) is 31.5. The van der Waals surface area contributed by atoms with Gasteiger partial charge < -0.3 is 29.6 Å². The molecule has 3 N–H and O–H groups in total. The molecule has 4 rings (SSSR count). The van der Waals surface area contributed by atoms with Gasteiger partial charge in [-0.3, -0.25) is 23.8 Å². The second-order valence-electron chi connectivity index (χ2n) is 13.0. The Bertz CT molecular complexity index is 1880. The predicted octanol–water partition coefficient (Wildman–Crippen LogP) is 4.73. The van der Waals surface area contributed by atoms with E-state index < -0.39 is 56.4 Å². The van der Waals surface area contributed by atoms with Gasteiger partial charge in [-0.2, -0.15) is 17.2 Å². The van der Waals surface area contributed by atoms with Gasteiger partial charge in [-0.25, -0.2) is 18.8 Å². The first kappa shape index (κ1) is 45.7. The second kappa shape index (κ2) is 21.7. The number of halogens is 4. The summed E-state index contributed by atoms with van der Waals surface area (Å²) in [5, 5.41) is 1.38. The van der Waals surface area contributed by atoms with Gasteiger partial charge in [-0.15, -0.1) is 11.3 Å². The number of nitrogens with two attached hydrogens (primary N) is 1. The first-order chi connectivity index (χ1) is 27.1. The van der Waals surface area contributed by atoms with Crippen LogP contribution in [0.1, 0.15) is 62.1 Å². The molecular formula is C36H46F4N4O11S2. The molecular weight excluding hydrogens is 805 g/mol. The van der Waals surface area contributed by atoms with Gasteiger partial charge in [0.1, 0.15) is 5.84 Å². The quantitative estimate of drug-likeness (QED) is 0.0334. The molecule has 0 radical (unpaired) electrons. The first-order valence-electron chi connectivity index (χ1n) is 18.3. The Morgan fingerprint density at radius 1 is 0.947 bits per heavy atom. The largest absolute Gasteiger partial charge is 0.420 e. The molecule has 1 aromatic carbocycles. The van der Waals surface area contributed by atoms with Gasteiger partial charge in [0.05, 0.1) is 69.7 Å². The summed E-state index contributed by atoms with van der Waals surface area (Å²) in [4.78, 5) is 49.5. The summed E-state index contributed by atoms with van der Waals surface area (Å²) >= 11 is 1.60. The number of thiophene rings is 1. The number of rotatable bonds is 21. The third kappa shape index (κ3) is 13.0. The Morgan fingerprint density at radius 3 is 2.12 bits per heavy atom. The van der Waals surface area contributed by atoms with Gasteiger partial charge in [0.15, 0.2) is 16.5 Å². The van der Waals surface area contributed by atoms with Crippen molar-refractivity contribution in [1.29, 1.82) is 0 Å². The molecule has 2 amide bonds. The number of carbonyl (C=O) groups is 3. The van der Waals surface area contributed by atoms with Crippen LogP contribution in [0.5, 0.6) is 5.75 Å². The third-order valence-electron chi connectivity index (χ3n) is 8.71. The van der Waals surface area contributed by atoms with Crippen LogP contribution in [0.4, 0.5) is 23.2 Å². The van der Waals surface area contributed by atoms with E-state index in [1.165, 1.54) is 5.06 Å². The minimum atomic E-state index is -5.65. The molecule has 2 aliphatic heterocycles. The lowest BCUT2D eigenvalue weighted by molar-refractivity contribution is -0.180. The topological polar surface area (TPSA) is 197 Å². The number of aliphatic imine (C=N–C) groups is 1. The van der Waals surface area contributed by atoms with Gasteiger partial charge in [-0.1, -0.05) is 6.92 Å². The van der Waals surface area contributed by atoms with Crippen molar-refractivity contribution < 1.29 is 68.7 Å². The molecule has 0 bridgehead atoms. The summed E-state index contributed by atoms with van der Waals surface area (Å²) in [5.41, 5.74) is 7.47. The number of hydroxylamine groups is 2. The van der Waals surface area contributed by atoms with E-state index in [0.717, 1.165) is 41.1 Å². The Labute approximate surface area is 331 Å². The summed E-state index contributed by atoms with van der Waals surface area (Å²) in [6, 6.07) is 2.03. The van der Waals surface area contributed by atoms with E-state index in [0.29, 0.717) is 43.6 Å². The standard InChI is InChI=1S/C36H46F4N4O11S2/c1-3-9-44(54-4-2)36(47)23-19-26-25(42-27(41)20-23)21-24(56-26)18-22-5-10-43(11-6-22)28(45)7-12-51-14-16-53-17-15-52-13-8-29(46)55-34-30(37)32(39)35(57(48,49)50)33(40)31(34)38/h19,21-22H,3-18,20H2,1-2H3,(H2,41,42)(H,48,49,50). The van der Waals surface area contributed by atoms with E-state index in [1.807, 2.05) is 30.9 Å². The Balaban J connectivity index is 1.07. The number of amides is 2. The van der Waals surface area contributed by atoms with Gasteiger partial charge in [0.2, 0.25) is 23.3 Å². The normalized spacial score (nSPS) is 14.8. The number of carbonyl (C=O) groups excluding carboxylic acids is 3. The molecule has 1 saturated heterocycles. The molecule has 15 nitrogen and oxygen atoms in total. The molecule has 0 atom stereocenters. The molecule has 3 heterocycles. The summed E-state index contributed by atoms with van der Waals surface area (Å²) < 4.78 is 107. The highest BCUT2D eigenvalue weighted by molar-refractivity contribution is 7.85. The molecule has 2 aliphatic rings. The zero-order chi connectivity index (χ0) is 41.7. The molecule has 57 heavy (non-hydrogen) atoms. The number of nitrogens with zero attached hydrogens (tertiary/aromatic N) is 3. The van der Waals surface area contributed by atoms with Crippen molar-refractivity contribution in [2.75, 3.05) is 65.9 Å². The maximum atomic E-state index is 14.0. The highest BCUT2D eigenvalue weighted by Crippen LogP contribution is 2.37. The van der Waals surface area contributed by atoms with Crippen LogP contribution in [0.15, 0.2) is 21.5 Å². The molecule has 1 aromatic heterocycles. The van der Waals surface area contributed by atoms with Crippen molar-refractivity contribution in [3.63, 3.8) is 0 Å². The number of hydrogen-bond acceptors (Lipinski definition) is 13. The molecule has 2 aromatic rings. The average Bonchev–Trinajstić information content (AvgIpc) is 3.45. The SMILES string of the molecule is CCCN(OCC)C(=O)C1=Cc2sc(CC3CCN(C(=O)CCOCCOCCOCCC(=O)Oc4c(F)c(F)c(S(=O)(=O)O)c(F)c4F)CC3)cc2N=C(N)C1. The average molecular weight is 851 g/mol. The van der Waals surface area contributed by atoms with Crippen molar-refractivity contribution in [3.05, 3.63) is 44.7 Å². The smallest absolute Gasteiger partial charge is 0.313 e.